The van der Waals surface area contributed by atoms with E-state index in [0.29, 0.717) is 0 Å². The van der Waals surface area contributed by atoms with Crippen molar-refractivity contribution in [3.8, 4) is 0 Å². The smallest absolute Gasteiger partial charge is 0.127 e. The number of allylic oxidation sites excluding steroid dienone is 2. The van der Waals surface area contributed by atoms with Crippen LogP contribution >= 0.6 is 0 Å². The second-order valence-electron chi connectivity index (χ2n) is 1.99. The number of hydrogen-bond acceptors (Lipinski definition) is 3. The fourth-order valence-corrected chi connectivity index (χ4v) is 0.717. The number of carbonyl (C=O) groups excluding carboxylic acids is 1. The van der Waals surface area contributed by atoms with E-state index in [4.69, 9.17) is 5.73 Å². The van der Waals surface area contributed by atoms with Crippen molar-refractivity contribution in [2.75, 3.05) is 0 Å². The second kappa shape index (κ2) is 2.13. The minimum atomic E-state index is -1.37. The van der Waals surface area contributed by atoms with E-state index in [1.54, 1.807) is 0 Å². The first-order valence-electron chi connectivity index (χ1n) is 2.67. The highest BCUT2D eigenvalue weighted by molar-refractivity contribution is 5.87. The highest BCUT2D eigenvalue weighted by Gasteiger charge is 2.13. The van der Waals surface area contributed by atoms with Crippen LogP contribution in [-0.2, 0) is 4.79 Å². The van der Waals surface area contributed by atoms with Crippen molar-refractivity contribution in [2.45, 2.75) is 6.42 Å². The Morgan fingerprint density at radius 3 is 2.60 bits per heavy atom. The third-order valence-electron chi connectivity index (χ3n) is 1.25. The van der Waals surface area contributed by atoms with Crippen LogP contribution in [0.2, 0.25) is 0 Å². The van der Waals surface area contributed by atoms with Crippen LogP contribution in [0.3, 0.4) is 0 Å². The van der Waals surface area contributed by atoms with Crippen LogP contribution in [0.1, 0.15) is 6.42 Å². The standard InChI is InChI=1S/C6H6FNO2/c7-4-1-3(6(9)10)2-5(4)8/h2H,1,8H2,(H,9,10)/p-1. The highest BCUT2D eigenvalue weighted by atomic mass is 19.1. The zero-order chi connectivity index (χ0) is 7.72. The third kappa shape index (κ3) is 1.00. The van der Waals surface area contributed by atoms with Gasteiger partial charge in [0.1, 0.15) is 5.83 Å². The van der Waals surface area contributed by atoms with Crippen molar-refractivity contribution in [1.29, 1.82) is 0 Å². The highest BCUT2D eigenvalue weighted by Crippen LogP contribution is 2.22. The number of halogens is 1. The van der Waals surface area contributed by atoms with E-state index in [1.807, 2.05) is 0 Å². The number of rotatable bonds is 1. The van der Waals surface area contributed by atoms with Gasteiger partial charge in [-0.2, -0.15) is 0 Å². The molecule has 0 aromatic heterocycles. The quantitative estimate of drug-likeness (QED) is 0.521. The molecule has 0 unspecified atom stereocenters. The molecule has 0 amide bonds. The van der Waals surface area contributed by atoms with Gasteiger partial charge in [0, 0.05) is 6.42 Å². The zero-order valence-corrected chi connectivity index (χ0v) is 5.06. The Balaban J connectivity index is 2.79. The SMILES string of the molecule is NC1=C(F)CC(C(=O)[O-])=C1. The number of carboxylic acids is 1. The van der Waals surface area contributed by atoms with Gasteiger partial charge in [0.2, 0.25) is 0 Å². The van der Waals surface area contributed by atoms with E-state index in [0.717, 1.165) is 6.08 Å². The van der Waals surface area contributed by atoms with Crippen LogP contribution in [0.25, 0.3) is 0 Å². The van der Waals surface area contributed by atoms with E-state index < -0.39 is 11.8 Å². The normalized spacial score (nSPS) is 17.5. The van der Waals surface area contributed by atoms with Gasteiger partial charge in [-0.3, -0.25) is 0 Å². The molecule has 4 heteroatoms. The first kappa shape index (κ1) is 6.80. The largest absolute Gasteiger partial charge is 0.545 e. The van der Waals surface area contributed by atoms with Crippen LogP contribution in [0.4, 0.5) is 4.39 Å². The maximum absolute atomic E-state index is 12.3. The van der Waals surface area contributed by atoms with E-state index in [-0.39, 0.29) is 17.7 Å². The summed E-state index contributed by atoms with van der Waals surface area (Å²) in [5.74, 6) is -1.96. The van der Waals surface area contributed by atoms with Crippen molar-refractivity contribution in [3.05, 3.63) is 23.2 Å². The van der Waals surface area contributed by atoms with Crippen molar-refractivity contribution in [3.63, 3.8) is 0 Å². The molecule has 0 aromatic carbocycles. The first-order valence-corrected chi connectivity index (χ1v) is 2.67. The van der Waals surface area contributed by atoms with Crippen LogP contribution in [0.5, 0.6) is 0 Å². The predicted molar refractivity (Wildman–Crippen MR) is 30.0 cm³/mol. The molecule has 10 heavy (non-hydrogen) atoms. The number of hydrogen-bond donors (Lipinski definition) is 1. The van der Waals surface area contributed by atoms with E-state index in [1.165, 1.54) is 0 Å². The Bertz CT molecular complexity index is 242. The molecule has 0 saturated heterocycles. The van der Waals surface area contributed by atoms with Gasteiger partial charge in [0.05, 0.1) is 11.7 Å². The Kier molecular flexibility index (Phi) is 1.45. The molecule has 0 spiro atoms. The van der Waals surface area contributed by atoms with Gasteiger partial charge in [-0.05, 0) is 11.6 Å². The Hall–Kier alpha value is -1.32. The molecule has 1 aliphatic carbocycles. The number of aliphatic carboxylic acids is 1. The average Bonchev–Trinajstić information content (AvgIpc) is 2.13. The Morgan fingerprint density at radius 1 is 1.80 bits per heavy atom. The van der Waals surface area contributed by atoms with E-state index >= 15 is 0 Å². The summed E-state index contributed by atoms with van der Waals surface area (Å²) in [6.07, 6.45) is 0.832. The molecule has 0 radical (unpaired) electrons. The molecule has 0 bridgehead atoms. The average molecular weight is 142 g/mol. The monoisotopic (exact) mass is 142 g/mol. The summed E-state index contributed by atoms with van der Waals surface area (Å²) in [5.41, 5.74) is 4.83. The fourth-order valence-electron chi connectivity index (χ4n) is 0.717. The Morgan fingerprint density at radius 2 is 2.40 bits per heavy atom. The number of carboxylic acid groups (broad SMARTS) is 1. The Labute approximate surface area is 56.6 Å². The van der Waals surface area contributed by atoms with Crippen LogP contribution in [-0.4, -0.2) is 5.97 Å². The topological polar surface area (TPSA) is 66.2 Å². The molecule has 0 fully saturated rings. The third-order valence-corrected chi connectivity index (χ3v) is 1.25. The molecular weight excluding hydrogens is 137 g/mol. The van der Waals surface area contributed by atoms with Gasteiger partial charge in [0.15, 0.2) is 0 Å². The lowest BCUT2D eigenvalue weighted by Crippen LogP contribution is -2.23. The minimum absolute atomic E-state index is 0.102. The summed E-state index contributed by atoms with van der Waals surface area (Å²) in [7, 11) is 0. The maximum Gasteiger partial charge on any atom is 0.127 e. The molecule has 0 aromatic rings. The van der Waals surface area contributed by atoms with Crippen molar-refractivity contribution < 1.29 is 14.3 Å². The minimum Gasteiger partial charge on any atom is -0.545 e. The van der Waals surface area contributed by atoms with Gasteiger partial charge in [-0.15, -0.1) is 0 Å². The zero-order valence-electron chi connectivity index (χ0n) is 5.06. The van der Waals surface area contributed by atoms with Crippen molar-refractivity contribution in [2.24, 2.45) is 5.73 Å². The fraction of sp³-hybridized carbons (Fsp3) is 0.167. The summed E-state index contributed by atoms with van der Waals surface area (Å²) in [4.78, 5) is 10.1. The molecule has 3 nitrogen and oxygen atoms in total. The lowest BCUT2D eigenvalue weighted by atomic mass is 10.2. The lowest BCUT2D eigenvalue weighted by Gasteiger charge is -1.99. The molecular formula is C6H5FNO2-. The van der Waals surface area contributed by atoms with Crippen LogP contribution < -0.4 is 10.8 Å². The molecule has 0 heterocycles. The summed E-state index contributed by atoms with van der Waals surface area (Å²) >= 11 is 0. The summed E-state index contributed by atoms with van der Waals surface area (Å²) in [5, 5.41) is 10.1. The predicted octanol–water partition coefficient (Wildman–Crippen LogP) is -0.794. The summed E-state index contributed by atoms with van der Waals surface area (Å²) in [6, 6.07) is 0. The molecule has 1 rings (SSSR count). The summed E-state index contributed by atoms with van der Waals surface area (Å²) in [6.45, 7) is 0. The van der Waals surface area contributed by atoms with Crippen LogP contribution in [0.15, 0.2) is 23.2 Å². The molecule has 1 aliphatic rings. The molecule has 0 aliphatic heterocycles. The van der Waals surface area contributed by atoms with E-state index in [9.17, 15) is 14.3 Å². The maximum atomic E-state index is 12.3. The van der Waals surface area contributed by atoms with Crippen molar-refractivity contribution in [1.82, 2.24) is 0 Å². The summed E-state index contributed by atoms with van der Waals surface area (Å²) < 4.78 is 12.3. The first-order chi connectivity index (χ1) is 4.61. The molecule has 0 saturated carbocycles. The molecule has 2 N–H and O–H groups in total. The number of nitrogens with two attached hydrogens (primary N) is 1. The van der Waals surface area contributed by atoms with Gasteiger partial charge >= 0.3 is 0 Å². The van der Waals surface area contributed by atoms with Crippen LogP contribution in [0, 0.1) is 0 Å². The molecule has 54 valence electrons. The number of carbonyl (C=O) groups is 1. The lowest BCUT2D eigenvalue weighted by molar-refractivity contribution is -0.299. The molecule has 0 atom stereocenters. The van der Waals surface area contributed by atoms with E-state index in [2.05, 4.69) is 0 Å². The van der Waals surface area contributed by atoms with Gasteiger partial charge < -0.3 is 15.6 Å². The van der Waals surface area contributed by atoms with Gasteiger partial charge in [0.25, 0.3) is 0 Å². The van der Waals surface area contributed by atoms with Crippen molar-refractivity contribution >= 4 is 5.97 Å². The van der Waals surface area contributed by atoms with Gasteiger partial charge in [-0.25, -0.2) is 4.39 Å². The second-order valence-corrected chi connectivity index (χ2v) is 1.99. The van der Waals surface area contributed by atoms with Gasteiger partial charge in [-0.1, -0.05) is 0 Å².